The van der Waals surface area contributed by atoms with Gasteiger partial charge in [0.25, 0.3) is 0 Å². The van der Waals surface area contributed by atoms with E-state index in [-0.39, 0.29) is 36.6 Å². The zero-order valence-electron chi connectivity index (χ0n) is 29.5. The number of hydrogen-bond donors (Lipinski definition) is 3. The second kappa shape index (κ2) is 18.9. The molecule has 3 aliphatic rings. The van der Waals surface area contributed by atoms with Crippen LogP contribution in [0, 0.1) is 0 Å². The Labute approximate surface area is 287 Å². The van der Waals surface area contributed by atoms with Crippen molar-refractivity contribution < 1.29 is 29.5 Å². The summed E-state index contributed by atoms with van der Waals surface area (Å²) in [7, 11) is 4.97. The molecule has 3 aromatic rings. The van der Waals surface area contributed by atoms with E-state index in [0.717, 1.165) is 19.6 Å². The van der Waals surface area contributed by atoms with Crippen LogP contribution in [0.2, 0.25) is 0 Å². The maximum absolute atomic E-state index is 9.79. The molecule has 264 valence electrons. The Balaban J connectivity index is 0.000000163. The first-order valence-electron chi connectivity index (χ1n) is 17.2. The van der Waals surface area contributed by atoms with Gasteiger partial charge in [-0.15, -0.1) is 0 Å². The Morgan fingerprint density at radius 3 is 0.854 bits per heavy atom. The number of β-amino-alcohol motifs (C(OH)–C–C–N with tert-alkyl or cyclic N) is 3. The number of hydrogen-bond acceptors (Lipinski definition) is 9. The topological polar surface area (TPSA) is 98.1 Å². The van der Waals surface area contributed by atoms with Crippen molar-refractivity contribution >= 4 is 0 Å². The van der Waals surface area contributed by atoms with Crippen LogP contribution in [0.5, 0.6) is 0 Å². The summed E-state index contributed by atoms with van der Waals surface area (Å²) in [5.74, 6) is 0. The normalized spacial score (nSPS) is 28.2. The number of aliphatic hydroxyl groups excluding tert-OH is 3. The number of ether oxygens (including phenoxy) is 3. The van der Waals surface area contributed by atoms with Gasteiger partial charge in [0.1, 0.15) is 0 Å². The van der Waals surface area contributed by atoms with Gasteiger partial charge in [0.15, 0.2) is 0 Å². The Kier molecular flexibility index (Phi) is 15.0. The van der Waals surface area contributed by atoms with E-state index in [9.17, 15) is 15.3 Å². The lowest BCUT2D eigenvalue weighted by Gasteiger charge is -2.24. The van der Waals surface area contributed by atoms with Crippen molar-refractivity contribution in [3.05, 3.63) is 108 Å². The number of rotatable bonds is 9. The third-order valence-corrected chi connectivity index (χ3v) is 10.2. The summed E-state index contributed by atoms with van der Waals surface area (Å²) < 4.78 is 15.7. The van der Waals surface area contributed by atoms with Crippen LogP contribution in [-0.2, 0) is 14.2 Å². The zero-order valence-corrected chi connectivity index (χ0v) is 29.5. The van der Waals surface area contributed by atoms with Crippen LogP contribution in [0.1, 0.15) is 55.6 Å². The summed E-state index contributed by atoms with van der Waals surface area (Å²) in [6, 6.07) is 32.1. The molecule has 3 fully saturated rings. The number of nitrogens with zero attached hydrogens (tertiary/aromatic N) is 3. The fourth-order valence-corrected chi connectivity index (χ4v) is 6.83. The predicted molar refractivity (Wildman–Crippen MR) is 190 cm³/mol. The molecular weight excluding hydrogens is 606 g/mol. The van der Waals surface area contributed by atoms with E-state index < -0.39 is 0 Å². The molecule has 0 spiro atoms. The molecule has 48 heavy (non-hydrogen) atoms. The molecule has 3 N–H and O–H groups in total. The Morgan fingerprint density at radius 2 is 0.667 bits per heavy atom. The molecule has 0 radical (unpaired) electrons. The van der Waals surface area contributed by atoms with Crippen LogP contribution in [0.15, 0.2) is 91.0 Å². The van der Waals surface area contributed by atoms with Gasteiger partial charge in [-0.3, -0.25) is 14.7 Å². The molecule has 0 saturated carbocycles. The van der Waals surface area contributed by atoms with Gasteiger partial charge in [0.05, 0.1) is 36.6 Å². The van der Waals surface area contributed by atoms with E-state index in [4.69, 9.17) is 14.2 Å². The molecule has 9 atom stereocenters. The monoisotopic (exact) mass is 663 g/mol. The fraction of sp³-hybridized carbons (Fsp3) is 0.538. The van der Waals surface area contributed by atoms with Crippen molar-refractivity contribution in [2.75, 3.05) is 60.6 Å². The van der Waals surface area contributed by atoms with E-state index in [1.165, 1.54) is 16.7 Å². The van der Waals surface area contributed by atoms with E-state index in [2.05, 4.69) is 71.9 Å². The second-order valence-electron chi connectivity index (χ2n) is 13.1. The summed E-state index contributed by atoms with van der Waals surface area (Å²) in [5, 5.41) is 29.4. The lowest BCUT2D eigenvalue weighted by atomic mass is 10.1. The molecule has 0 aliphatic carbocycles. The van der Waals surface area contributed by atoms with Gasteiger partial charge in [0, 0.05) is 78.7 Å². The van der Waals surface area contributed by atoms with E-state index in [1.807, 2.05) is 54.6 Å². The van der Waals surface area contributed by atoms with Gasteiger partial charge in [0.2, 0.25) is 0 Å². The van der Waals surface area contributed by atoms with E-state index >= 15 is 0 Å². The van der Waals surface area contributed by atoms with E-state index in [1.54, 1.807) is 21.3 Å². The SMILES string of the molecule is CO[C@@H]1CN([C@@H](C)c2ccccc2)C[C@H]1O.CO[C@H]1CN([C@@H](C)c2ccccc2)C[C@@H]1O.CO[C@H]1CN([C@@H](C)c2ccccc2)C[C@@H]1O. The number of benzene rings is 3. The standard InChI is InChI=1S/3C13H19NO2/c3*1-10(11-6-4-3-5-7-11)14-8-12(15)13(9-14)16-2/h3*3-7,10,12-13,15H,8-9H2,1-2H3/t10-,12+,13+;2*10-,12-,13-/m000/s1. The molecule has 9 heteroatoms. The van der Waals surface area contributed by atoms with Crippen LogP contribution in [0.4, 0.5) is 0 Å². The number of aliphatic hydroxyl groups is 3. The highest BCUT2D eigenvalue weighted by atomic mass is 16.5. The first kappa shape index (κ1) is 38.1. The van der Waals surface area contributed by atoms with Crippen LogP contribution >= 0.6 is 0 Å². The van der Waals surface area contributed by atoms with Gasteiger partial charge < -0.3 is 29.5 Å². The van der Waals surface area contributed by atoms with Crippen molar-refractivity contribution in [1.29, 1.82) is 0 Å². The minimum Gasteiger partial charge on any atom is -0.389 e. The molecule has 9 nitrogen and oxygen atoms in total. The van der Waals surface area contributed by atoms with Crippen LogP contribution in [-0.4, -0.2) is 127 Å². The molecule has 3 aliphatic heterocycles. The summed E-state index contributed by atoms with van der Waals surface area (Å²) in [6.45, 7) is 11.0. The lowest BCUT2D eigenvalue weighted by molar-refractivity contribution is 0.0214. The van der Waals surface area contributed by atoms with Gasteiger partial charge in [-0.1, -0.05) is 91.0 Å². The van der Waals surface area contributed by atoms with Crippen molar-refractivity contribution in [2.45, 2.75) is 75.5 Å². The number of methoxy groups -OCH3 is 3. The average Bonchev–Trinajstić information content (AvgIpc) is 3.83. The van der Waals surface area contributed by atoms with Crippen LogP contribution in [0.3, 0.4) is 0 Å². The molecule has 3 heterocycles. The smallest absolute Gasteiger partial charge is 0.0969 e. The lowest BCUT2D eigenvalue weighted by Crippen LogP contribution is -2.26. The minimum absolute atomic E-state index is 0.0498. The third kappa shape index (κ3) is 10.2. The summed E-state index contributed by atoms with van der Waals surface area (Å²) in [4.78, 5) is 6.77. The molecule has 0 bridgehead atoms. The highest BCUT2D eigenvalue weighted by Crippen LogP contribution is 2.28. The zero-order chi connectivity index (χ0) is 34.6. The quantitative estimate of drug-likeness (QED) is 0.310. The molecule has 0 unspecified atom stereocenters. The summed E-state index contributed by atoms with van der Waals surface area (Å²) in [6.07, 6.45) is -1.24. The van der Waals surface area contributed by atoms with Crippen molar-refractivity contribution in [1.82, 2.24) is 14.7 Å². The highest BCUT2D eigenvalue weighted by molar-refractivity contribution is 5.20. The molecular formula is C39H57N3O6. The van der Waals surface area contributed by atoms with Gasteiger partial charge in [-0.2, -0.15) is 0 Å². The predicted octanol–water partition coefficient (Wildman–Crippen LogP) is 4.32. The van der Waals surface area contributed by atoms with Crippen molar-refractivity contribution in [3.63, 3.8) is 0 Å². The maximum atomic E-state index is 9.79. The average molecular weight is 664 g/mol. The van der Waals surface area contributed by atoms with Crippen molar-refractivity contribution in [3.8, 4) is 0 Å². The minimum atomic E-state index is -0.365. The molecule has 0 aromatic heterocycles. The van der Waals surface area contributed by atoms with E-state index in [0.29, 0.717) is 37.8 Å². The van der Waals surface area contributed by atoms with Gasteiger partial charge in [-0.05, 0) is 37.5 Å². The van der Waals surface area contributed by atoms with Crippen molar-refractivity contribution in [2.24, 2.45) is 0 Å². The Morgan fingerprint density at radius 1 is 0.438 bits per heavy atom. The molecule has 0 amide bonds. The van der Waals surface area contributed by atoms with Crippen LogP contribution < -0.4 is 0 Å². The second-order valence-corrected chi connectivity index (χ2v) is 13.1. The highest BCUT2D eigenvalue weighted by Gasteiger charge is 2.36. The fourth-order valence-electron chi connectivity index (χ4n) is 6.83. The summed E-state index contributed by atoms with van der Waals surface area (Å²) in [5.41, 5.74) is 3.85. The Hall–Kier alpha value is -2.70. The Bertz CT molecular complexity index is 1140. The molecule has 6 rings (SSSR count). The van der Waals surface area contributed by atoms with Crippen LogP contribution in [0.25, 0.3) is 0 Å². The summed E-state index contributed by atoms with van der Waals surface area (Å²) >= 11 is 0. The van der Waals surface area contributed by atoms with Gasteiger partial charge in [-0.25, -0.2) is 0 Å². The first-order chi connectivity index (χ1) is 23.2. The first-order valence-corrected chi connectivity index (χ1v) is 17.2. The largest absolute Gasteiger partial charge is 0.389 e. The third-order valence-electron chi connectivity index (χ3n) is 10.2. The molecule has 3 aromatic carbocycles. The maximum Gasteiger partial charge on any atom is 0.0969 e. The number of likely N-dealkylation sites (tertiary alicyclic amines) is 3. The van der Waals surface area contributed by atoms with Gasteiger partial charge >= 0.3 is 0 Å². The molecule has 3 saturated heterocycles.